The average Bonchev–Trinajstić information content (AvgIpc) is 2.68. The molecule has 0 bridgehead atoms. The third kappa shape index (κ3) is 1.16. The lowest BCUT2D eigenvalue weighted by atomic mass is 10.2. The minimum atomic E-state index is 0.654. The number of nitrogens with zero attached hydrogens (tertiary/aromatic N) is 2. The highest BCUT2D eigenvalue weighted by molar-refractivity contribution is 5.16. The highest BCUT2D eigenvalue weighted by Gasteiger charge is 2.38. The van der Waals surface area contributed by atoms with Crippen LogP contribution >= 0.6 is 0 Å². The first kappa shape index (κ1) is 6.85. The number of hydrogen-bond acceptors (Lipinski definition) is 2. The molecule has 11 heavy (non-hydrogen) atoms. The quantitative estimate of drug-likeness (QED) is 0.668. The fourth-order valence-electron chi connectivity index (χ4n) is 1.50. The van der Waals surface area contributed by atoms with Crippen LogP contribution in [0.1, 0.15) is 18.0 Å². The van der Waals surface area contributed by atoms with Crippen molar-refractivity contribution in [3.8, 4) is 0 Å². The van der Waals surface area contributed by atoms with Crippen LogP contribution in [0.5, 0.6) is 0 Å². The summed E-state index contributed by atoms with van der Waals surface area (Å²) in [6.07, 6.45) is 3.22. The van der Waals surface area contributed by atoms with Gasteiger partial charge in [-0.3, -0.25) is 4.68 Å². The molecule has 3 heteroatoms. The molecule has 0 saturated heterocycles. The molecule has 1 fully saturated rings. The van der Waals surface area contributed by atoms with Crippen molar-refractivity contribution in [2.45, 2.75) is 12.3 Å². The van der Waals surface area contributed by atoms with Crippen molar-refractivity contribution in [1.29, 1.82) is 0 Å². The van der Waals surface area contributed by atoms with E-state index in [-0.39, 0.29) is 0 Å². The van der Waals surface area contributed by atoms with Gasteiger partial charge in [-0.1, -0.05) is 0 Å². The molecule has 1 aliphatic rings. The van der Waals surface area contributed by atoms with E-state index >= 15 is 0 Å². The molecule has 1 aromatic rings. The van der Waals surface area contributed by atoms with Crippen LogP contribution in [0.4, 0.5) is 0 Å². The van der Waals surface area contributed by atoms with Crippen LogP contribution in [0.3, 0.4) is 0 Å². The van der Waals surface area contributed by atoms with Gasteiger partial charge >= 0.3 is 0 Å². The van der Waals surface area contributed by atoms with Gasteiger partial charge in [0.25, 0.3) is 0 Å². The Labute approximate surface area is 66.2 Å². The Morgan fingerprint density at radius 1 is 1.82 bits per heavy atom. The van der Waals surface area contributed by atoms with Crippen molar-refractivity contribution in [1.82, 2.24) is 9.78 Å². The average molecular weight is 151 g/mol. The number of aryl methyl sites for hydroxylation is 1. The zero-order valence-electron chi connectivity index (χ0n) is 6.70. The van der Waals surface area contributed by atoms with E-state index in [1.165, 1.54) is 12.1 Å². The third-order valence-corrected chi connectivity index (χ3v) is 2.34. The molecular weight excluding hydrogens is 138 g/mol. The molecule has 1 aromatic heterocycles. The van der Waals surface area contributed by atoms with Gasteiger partial charge in [-0.15, -0.1) is 0 Å². The first-order chi connectivity index (χ1) is 5.31. The second-order valence-electron chi connectivity index (χ2n) is 3.25. The summed E-state index contributed by atoms with van der Waals surface area (Å²) in [6.45, 7) is 0.807. The van der Waals surface area contributed by atoms with E-state index < -0.39 is 0 Å². The Kier molecular flexibility index (Phi) is 1.46. The number of aromatic nitrogens is 2. The second kappa shape index (κ2) is 2.34. The van der Waals surface area contributed by atoms with Crippen molar-refractivity contribution >= 4 is 0 Å². The maximum absolute atomic E-state index is 5.53. The Balaban J connectivity index is 2.08. The molecule has 2 rings (SSSR count). The van der Waals surface area contributed by atoms with Gasteiger partial charge in [0.05, 0.1) is 5.69 Å². The monoisotopic (exact) mass is 151 g/mol. The molecule has 0 amide bonds. The molecule has 3 nitrogen and oxygen atoms in total. The van der Waals surface area contributed by atoms with E-state index in [0.29, 0.717) is 11.8 Å². The Morgan fingerprint density at radius 2 is 2.64 bits per heavy atom. The molecule has 1 heterocycles. The van der Waals surface area contributed by atoms with Crippen molar-refractivity contribution in [2.75, 3.05) is 6.54 Å². The van der Waals surface area contributed by atoms with Gasteiger partial charge in [0, 0.05) is 19.2 Å². The van der Waals surface area contributed by atoms with E-state index in [0.717, 1.165) is 6.54 Å². The van der Waals surface area contributed by atoms with E-state index in [2.05, 4.69) is 11.2 Å². The zero-order valence-corrected chi connectivity index (χ0v) is 6.70. The molecular formula is C8H13N3. The third-order valence-electron chi connectivity index (χ3n) is 2.34. The predicted molar refractivity (Wildman–Crippen MR) is 43.1 cm³/mol. The SMILES string of the molecule is Cn1ccc([C@H]2C[C@@H]2CN)n1. The van der Waals surface area contributed by atoms with Gasteiger partial charge in [0.1, 0.15) is 0 Å². The molecule has 0 aliphatic heterocycles. The summed E-state index contributed by atoms with van der Waals surface area (Å²) in [4.78, 5) is 0. The lowest BCUT2D eigenvalue weighted by Gasteiger charge is -1.90. The normalized spacial score (nSPS) is 28.9. The Morgan fingerprint density at radius 3 is 3.09 bits per heavy atom. The van der Waals surface area contributed by atoms with Crippen molar-refractivity contribution in [3.05, 3.63) is 18.0 Å². The fraction of sp³-hybridized carbons (Fsp3) is 0.625. The number of rotatable bonds is 2. The zero-order chi connectivity index (χ0) is 7.84. The van der Waals surface area contributed by atoms with Crippen LogP contribution in [0, 0.1) is 5.92 Å². The molecule has 0 radical (unpaired) electrons. The molecule has 0 unspecified atom stereocenters. The molecule has 1 aliphatic carbocycles. The van der Waals surface area contributed by atoms with Crippen LogP contribution in [-0.2, 0) is 7.05 Å². The molecule has 2 atom stereocenters. The van der Waals surface area contributed by atoms with Crippen molar-refractivity contribution in [3.63, 3.8) is 0 Å². The largest absolute Gasteiger partial charge is 0.330 e. The summed E-state index contributed by atoms with van der Waals surface area (Å²) >= 11 is 0. The topological polar surface area (TPSA) is 43.8 Å². The predicted octanol–water partition coefficient (Wildman–Crippen LogP) is 0.482. The van der Waals surface area contributed by atoms with E-state index in [9.17, 15) is 0 Å². The Bertz CT molecular complexity index is 254. The minimum absolute atomic E-state index is 0.654. The van der Waals surface area contributed by atoms with Gasteiger partial charge in [-0.2, -0.15) is 5.10 Å². The van der Waals surface area contributed by atoms with Crippen LogP contribution in [0.25, 0.3) is 0 Å². The summed E-state index contributed by atoms with van der Waals surface area (Å²) in [7, 11) is 1.95. The molecule has 60 valence electrons. The molecule has 0 spiro atoms. The van der Waals surface area contributed by atoms with Gasteiger partial charge < -0.3 is 5.73 Å². The van der Waals surface area contributed by atoms with Gasteiger partial charge in [0.2, 0.25) is 0 Å². The molecule has 0 aromatic carbocycles. The second-order valence-corrected chi connectivity index (χ2v) is 3.25. The summed E-state index contributed by atoms with van der Waals surface area (Å²) in [5.74, 6) is 1.35. The summed E-state index contributed by atoms with van der Waals surface area (Å²) in [5.41, 5.74) is 6.74. The highest BCUT2D eigenvalue weighted by atomic mass is 15.2. The van der Waals surface area contributed by atoms with Crippen LogP contribution in [-0.4, -0.2) is 16.3 Å². The van der Waals surface area contributed by atoms with Gasteiger partial charge in [-0.25, -0.2) is 0 Å². The summed E-state index contributed by atoms with van der Waals surface area (Å²) < 4.78 is 1.85. The van der Waals surface area contributed by atoms with Crippen LogP contribution in [0.2, 0.25) is 0 Å². The minimum Gasteiger partial charge on any atom is -0.330 e. The van der Waals surface area contributed by atoms with Crippen molar-refractivity contribution < 1.29 is 0 Å². The maximum atomic E-state index is 5.53. The highest BCUT2D eigenvalue weighted by Crippen LogP contribution is 2.45. The summed E-state index contributed by atoms with van der Waals surface area (Å²) in [5, 5.41) is 4.33. The van der Waals surface area contributed by atoms with E-state index in [1.807, 2.05) is 17.9 Å². The van der Waals surface area contributed by atoms with Crippen molar-refractivity contribution in [2.24, 2.45) is 18.7 Å². The lowest BCUT2D eigenvalue weighted by Crippen LogP contribution is -2.02. The van der Waals surface area contributed by atoms with Gasteiger partial charge in [-0.05, 0) is 24.9 Å². The smallest absolute Gasteiger partial charge is 0.0658 e. The first-order valence-electron chi connectivity index (χ1n) is 4.01. The van der Waals surface area contributed by atoms with Gasteiger partial charge in [0.15, 0.2) is 0 Å². The number of nitrogens with two attached hydrogens (primary N) is 1. The fourth-order valence-corrected chi connectivity index (χ4v) is 1.50. The number of hydrogen-bond donors (Lipinski definition) is 1. The standard InChI is InChI=1S/C8H13N3/c1-11-3-2-8(10-11)7-4-6(7)5-9/h2-3,6-7H,4-5,9H2,1H3/t6-,7+/m1/s1. The molecule has 1 saturated carbocycles. The van der Waals surface area contributed by atoms with Crippen LogP contribution in [0.15, 0.2) is 12.3 Å². The first-order valence-corrected chi connectivity index (χ1v) is 4.01. The van der Waals surface area contributed by atoms with E-state index in [4.69, 9.17) is 5.73 Å². The maximum Gasteiger partial charge on any atom is 0.0658 e. The Hall–Kier alpha value is -0.830. The molecule has 2 N–H and O–H groups in total. The van der Waals surface area contributed by atoms with E-state index in [1.54, 1.807) is 0 Å². The van der Waals surface area contributed by atoms with Crippen LogP contribution < -0.4 is 5.73 Å². The summed E-state index contributed by atoms with van der Waals surface area (Å²) in [6, 6.07) is 2.08. The lowest BCUT2D eigenvalue weighted by molar-refractivity contribution is 0.725.